The predicted octanol–water partition coefficient (Wildman–Crippen LogP) is 12.0. The molecular weight excluding hydrogens is 684 g/mol. The van der Waals surface area contributed by atoms with Crippen LogP contribution in [0.15, 0.2) is 18.2 Å². The lowest BCUT2D eigenvalue weighted by Gasteiger charge is -2.13. The summed E-state index contributed by atoms with van der Waals surface area (Å²) < 4.78 is 33.5. The van der Waals surface area contributed by atoms with Gasteiger partial charge in [-0.25, -0.2) is 0 Å². The molecule has 0 saturated heterocycles. The quantitative estimate of drug-likeness (QED) is 0.0368. The zero-order valence-electron chi connectivity index (χ0n) is 34.7. The highest BCUT2D eigenvalue weighted by molar-refractivity contribution is 5.69. The first-order valence-electron chi connectivity index (χ1n) is 22.0. The van der Waals surface area contributed by atoms with Crippen LogP contribution in [0.25, 0.3) is 0 Å². The van der Waals surface area contributed by atoms with Crippen molar-refractivity contribution in [1.29, 1.82) is 0 Å². The van der Waals surface area contributed by atoms with Gasteiger partial charge in [-0.3, -0.25) is 14.4 Å². The second-order valence-corrected chi connectivity index (χ2v) is 14.3. The zero-order valence-corrected chi connectivity index (χ0v) is 34.7. The SMILES string of the molecule is CCOC(=O)CCCCCCCCCCOc1cc(OCCCCCCCCCCC(=O)OCC)cc(OCCCCCCCCCCC(=O)OCC)c1. The van der Waals surface area contributed by atoms with Gasteiger partial charge in [0.15, 0.2) is 0 Å². The molecule has 1 aromatic rings. The maximum Gasteiger partial charge on any atom is 0.305 e. The van der Waals surface area contributed by atoms with Gasteiger partial charge in [0.2, 0.25) is 0 Å². The number of ether oxygens (including phenoxy) is 6. The van der Waals surface area contributed by atoms with Crippen molar-refractivity contribution in [3.8, 4) is 17.2 Å². The lowest BCUT2D eigenvalue weighted by molar-refractivity contribution is -0.144. The molecular formula is C45H78O9. The van der Waals surface area contributed by atoms with Crippen LogP contribution in [-0.2, 0) is 28.6 Å². The van der Waals surface area contributed by atoms with Crippen molar-refractivity contribution in [3.05, 3.63) is 18.2 Å². The molecule has 0 atom stereocenters. The molecule has 0 spiro atoms. The van der Waals surface area contributed by atoms with Gasteiger partial charge in [0, 0.05) is 37.5 Å². The zero-order chi connectivity index (χ0) is 39.2. The van der Waals surface area contributed by atoms with Gasteiger partial charge in [-0.1, -0.05) is 116 Å². The van der Waals surface area contributed by atoms with Crippen LogP contribution in [0.3, 0.4) is 0 Å². The van der Waals surface area contributed by atoms with Crippen LogP contribution >= 0.6 is 0 Å². The van der Waals surface area contributed by atoms with E-state index < -0.39 is 0 Å². The van der Waals surface area contributed by atoms with E-state index in [1.807, 2.05) is 39.0 Å². The van der Waals surface area contributed by atoms with Gasteiger partial charge < -0.3 is 28.4 Å². The summed E-state index contributed by atoms with van der Waals surface area (Å²) in [5.41, 5.74) is 0. The van der Waals surface area contributed by atoms with Crippen molar-refractivity contribution < 1.29 is 42.8 Å². The largest absolute Gasteiger partial charge is 0.493 e. The Hall–Kier alpha value is -2.97. The summed E-state index contributed by atoms with van der Waals surface area (Å²) in [6.07, 6.45) is 28.5. The van der Waals surface area contributed by atoms with E-state index in [4.69, 9.17) is 28.4 Å². The maximum absolute atomic E-state index is 11.4. The van der Waals surface area contributed by atoms with Crippen LogP contribution < -0.4 is 14.2 Å². The summed E-state index contributed by atoms with van der Waals surface area (Å²) in [5.74, 6) is 2.17. The van der Waals surface area contributed by atoms with E-state index in [0.29, 0.717) is 58.9 Å². The summed E-state index contributed by atoms with van der Waals surface area (Å²) in [6.45, 7) is 8.97. The minimum absolute atomic E-state index is 0.0771. The number of esters is 3. The summed E-state index contributed by atoms with van der Waals surface area (Å²) in [4.78, 5) is 34.3. The van der Waals surface area contributed by atoms with Crippen LogP contribution in [0, 0.1) is 0 Å². The van der Waals surface area contributed by atoms with Crippen LogP contribution in [0.5, 0.6) is 17.2 Å². The molecule has 9 nitrogen and oxygen atoms in total. The Morgan fingerprint density at radius 3 is 0.759 bits per heavy atom. The van der Waals surface area contributed by atoms with Crippen LogP contribution in [-0.4, -0.2) is 57.5 Å². The van der Waals surface area contributed by atoms with Crippen molar-refractivity contribution in [2.24, 2.45) is 0 Å². The van der Waals surface area contributed by atoms with E-state index >= 15 is 0 Å². The molecule has 54 heavy (non-hydrogen) atoms. The van der Waals surface area contributed by atoms with E-state index in [-0.39, 0.29) is 17.9 Å². The number of carbonyl (C=O) groups excluding carboxylic acids is 3. The molecule has 9 heteroatoms. The van der Waals surface area contributed by atoms with E-state index in [2.05, 4.69) is 0 Å². The van der Waals surface area contributed by atoms with Gasteiger partial charge in [0.1, 0.15) is 17.2 Å². The molecule has 0 aromatic heterocycles. The topological polar surface area (TPSA) is 107 Å². The van der Waals surface area contributed by atoms with Crippen LogP contribution in [0.2, 0.25) is 0 Å². The first kappa shape index (κ1) is 49.0. The Morgan fingerprint density at radius 2 is 0.537 bits per heavy atom. The molecule has 0 bridgehead atoms. The van der Waals surface area contributed by atoms with E-state index in [1.54, 1.807) is 0 Å². The van der Waals surface area contributed by atoms with Gasteiger partial charge in [-0.2, -0.15) is 0 Å². The molecule has 1 rings (SSSR count). The average molecular weight is 763 g/mol. The average Bonchev–Trinajstić information content (AvgIpc) is 3.15. The second-order valence-electron chi connectivity index (χ2n) is 14.3. The van der Waals surface area contributed by atoms with Gasteiger partial charge >= 0.3 is 17.9 Å². The second kappa shape index (κ2) is 37.0. The molecule has 0 radical (unpaired) electrons. The third kappa shape index (κ3) is 31.4. The predicted molar refractivity (Wildman–Crippen MR) is 217 cm³/mol. The first-order chi connectivity index (χ1) is 26.5. The smallest absolute Gasteiger partial charge is 0.305 e. The lowest BCUT2D eigenvalue weighted by atomic mass is 10.1. The van der Waals surface area contributed by atoms with Crippen molar-refractivity contribution in [3.63, 3.8) is 0 Å². The number of carbonyl (C=O) groups is 3. The number of rotatable bonds is 39. The molecule has 0 aliphatic carbocycles. The summed E-state index contributed by atoms with van der Waals surface area (Å²) in [7, 11) is 0. The third-order valence-corrected chi connectivity index (χ3v) is 9.40. The number of unbranched alkanes of at least 4 members (excludes halogenated alkanes) is 21. The highest BCUT2D eigenvalue weighted by atomic mass is 16.5. The van der Waals surface area contributed by atoms with E-state index in [1.165, 1.54) is 77.0 Å². The van der Waals surface area contributed by atoms with Crippen molar-refractivity contribution in [2.45, 2.75) is 194 Å². The lowest BCUT2D eigenvalue weighted by Crippen LogP contribution is -2.03. The highest BCUT2D eigenvalue weighted by Gasteiger charge is 2.07. The first-order valence-corrected chi connectivity index (χ1v) is 22.0. The molecule has 0 saturated carbocycles. The Morgan fingerprint density at radius 1 is 0.333 bits per heavy atom. The molecule has 312 valence electrons. The maximum atomic E-state index is 11.4. The Bertz CT molecular complexity index is 903. The van der Waals surface area contributed by atoms with E-state index in [9.17, 15) is 14.4 Å². The molecule has 0 aliphatic heterocycles. The summed E-state index contributed by atoms with van der Waals surface area (Å²) in [6, 6.07) is 5.98. The summed E-state index contributed by atoms with van der Waals surface area (Å²) >= 11 is 0. The Kier molecular flexibility index (Phi) is 33.6. The van der Waals surface area contributed by atoms with Crippen molar-refractivity contribution in [2.75, 3.05) is 39.6 Å². The van der Waals surface area contributed by atoms with Gasteiger partial charge in [-0.15, -0.1) is 0 Å². The van der Waals surface area contributed by atoms with Gasteiger partial charge in [-0.05, 0) is 59.3 Å². The molecule has 0 N–H and O–H groups in total. The van der Waals surface area contributed by atoms with Crippen molar-refractivity contribution in [1.82, 2.24) is 0 Å². The fourth-order valence-corrected chi connectivity index (χ4v) is 6.36. The fourth-order valence-electron chi connectivity index (χ4n) is 6.36. The molecule has 1 aromatic carbocycles. The van der Waals surface area contributed by atoms with E-state index in [0.717, 1.165) is 94.3 Å². The number of hydrogen-bond acceptors (Lipinski definition) is 9. The Balaban J connectivity index is 2.34. The number of hydrogen-bond donors (Lipinski definition) is 0. The molecule has 0 aliphatic rings. The number of benzene rings is 1. The molecule has 0 fully saturated rings. The Labute approximate surface area is 329 Å². The standard InChI is InChI=1S/C45H78O9/c1-4-49-43(46)31-25-19-13-7-10-16-22-28-34-52-40-37-41(53-35-29-23-17-11-8-14-20-26-32-44(47)50-5-2)39-42(38-40)54-36-30-24-18-12-9-15-21-27-33-45(48)51-6-3/h37-39H,4-36H2,1-3H3. The van der Waals surface area contributed by atoms with Crippen LogP contribution in [0.4, 0.5) is 0 Å². The van der Waals surface area contributed by atoms with Gasteiger partial charge in [0.25, 0.3) is 0 Å². The summed E-state index contributed by atoms with van der Waals surface area (Å²) in [5, 5.41) is 0. The third-order valence-electron chi connectivity index (χ3n) is 9.40. The highest BCUT2D eigenvalue weighted by Crippen LogP contribution is 2.29. The van der Waals surface area contributed by atoms with Gasteiger partial charge in [0.05, 0.1) is 39.6 Å². The monoisotopic (exact) mass is 763 g/mol. The van der Waals surface area contributed by atoms with Crippen molar-refractivity contribution >= 4 is 17.9 Å². The van der Waals surface area contributed by atoms with Crippen LogP contribution in [0.1, 0.15) is 194 Å². The molecule has 0 amide bonds. The normalized spacial score (nSPS) is 10.9. The minimum Gasteiger partial charge on any atom is -0.493 e. The minimum atomic E-state index is -0.0771. The fraction of sp³-hybridized carbons (Fsp3) is 0.800. The molecule has 0 heterocycles. The molecule has 0 unspecified atom stereocenters.